The Balaban J connectivity index is 2.08. The molecule has 1 rings (SSSR count). The molecule has 1 amide bonds. The highest BCUT2D eigenvalue weighted by Crippen LogP contribution is 2.14. The summed E-state index contributed by atoms with van der Waals surface area (Å²) in [5.74, 6) is 1.16. The van der Waals surface area contributed by atoms with Crippen LogP contribution in [0.2, 0.25) is 0 Å². The minimum Gasteiger partial charge on any atom is -0.343 e. The second-order valence-electron chi connectivity index (χ2n) is 4.49. The zero-order chi connectivity index (χ0) is 10.4. The average Bonchev–Trinajstić information content (AvgIpc) is 2.70. The van der Waals surface area contributed by atoms with Crippen molar-refractivity contribution in [1.82, 2.24) is 4.90 Å². The molecule has 0 N–H and O–H groups in total. The van der Waals surface area contributed by atoms with Crippen LogP contribution in [0, 0.1) is 5.92 Å². The molecule has 0 aromatic carbocycles. The van der Waals surface area contributed by atoms with Gasteiger partial charge in [0.05, 0.1) is 0 Å². The highest BCUT2D eigenvalue weighted by Gasteiger charge is 2.17. The quantitative estimate of drug-likeness (QED) is 0.663. The lowest BCUT2D eigenvalue weighted by atomic mass is 10.0. The van der Waals surface area contributed by atoms with Crippen LogP contribution in [0.15, 0.2) is 0 Å². The standard InChI is InChI=1S/C12H23NO/c1-3-11(2)7-6-8-12(14)13-9-4-5-10-13/h11H,3-10H2,1-2H3. The molecule has 1 fully saturated rings. The minimum atomic E-state index is 0.380. The average molecular weight is 197 g/mol. The Hall–Kier alpha value is -0.530. The zero-order valence-electron chi connectivity index (χ0n) is 9.59. The number of likely N-dealkylation sites (tertiary alicyclic amines) is 1. The van der Waals surface area contributed by atoms with Gasteiger partial charge in [0, 0.05) is 19.5 Å². The third-order valence-corrected chi connectivity index (χ3v) is 3.24. The number of carbonyl (C=O) groups is 1. The summed E-state index contributed by atoms with van der Waals surface area (Å²) in [4.78, 5) is 13.7. The molecule has 0 radical (unpaired) electrons. The first-order valence-electron chi connectivity index (χ1n) is 6.01. The van der Waals surface area contributed by atoms with E-state index in [0.717, 1.165) is 31.8 Å². The molecule has 1 heterocycles. The molecule has 1 unspecified atom stereocenters. The van der Waals surface area contributed by atoms with Crippen molar-refractivity contribution >= 4 is 5.91 Å². The lowest BCUT2D eigenvalue weighted by molar-refractivity contribution is -0.130. The highest BCUT2D eigenvalue weighted by atomic mass is 16.2. The molecule has 1 saturated heterocycles. The number of hydrogen-bond donors (Lipinski definition) is 0. The molecule has 0 spiro atoms. The summed E-state index contributed by atoms with van der Waals surface area (Å²) in [6.07, 6.45) is 6.69. The smallest absolute Gasteiger partial charge is 0.222 e. The SMILES string of the molecule is CCC(C)CCCC(=O)N1CCCC1. The van der Waals surface area contributed by atoms with Gasteiger partial charge < -0.3 is 4.90 Å². The third kappa shape index (κ3) is 3.69. The number of rotatable bonds is 5. The maximum atomic E-state index is 11.6. The molecule has 82 valence electrons. The van der Waals surface area contributed by atoms with Gasteiger partial charge in [-0.1, -0.05) is 26.7 Å². The van der Waals surface area contributed by atoms with E-state index in [-0.39, 0.29) is 0 Å². The lowest BCUT2D eigenvalue weighted by Crippen LogP contribution is -2.27. The molecule has 2 nitrogen and oxygen atoms in total. The number of amides is 1. The van der Waals surface area contributed by atoms with Crippen molar-refractivity contribution in [2.45, 2.75) is 52.4 Å². The van der Waals surface area contributed by atoms with Crippen LogP contribution in [0.4, 0.5) is 0 Å². The van der Waals surface area contributed by atoms with Crippen LogP contribution in [0.3, 0.4) is 0 Å². The summed E-state index contributed by atoms with van der Waals surface area (Å²) in [7, 11) is 0. The van der Waals surface area contributed by atoms with Crippen LogP contribution in [0.1, 0.15) is 52.4 Å². The van der Waals surface area contributed by atoms with Crippen LogP contribution in [0.5, 0.6) is 0 Å². The molecular formula is C12H23NO. The normalized spacial score (nSPS) is 18.6. The van der Waals surface area contributed by atoms with Crippen LogP contribution >= 0.6 is 0 Å². The van der Waals surface area contributed by atoms with Crippen LogP contribution in [-0.2, 0) is 4.79 Å². The van der Waals surface area contributed by atoms with Gasteiger partial charge in [0.2, 0.25) is 5.91 Å². The van der Waals surface area contributed by atoms with Crippen molar-refractivity contribution in [3.8, 4) is 0 Å². The van der Waals surface area contributed by atoms with Crippen molar-refractivity contribution in [1.29, 1.82) is 0 Å². The first-order chi connectivity index (χ1) is 6.74. The zero-order valence-corrected chi connectivity index (χ0v) is 9.59. The van der Waals surface area contributed by atoms with E-state index in [9.17, 15) is 4.79 Å². The summed E-state index contributed by atoms with van der Waals surface area (Å²) in [5.41, 5.74) is 0. The van der Waals surface area contributed by atoms with Crippen molar-refractivity contribution in [3.05, 3.63) is 0 Å². The fourth-order valence-electron chi connectivity index (χ4n) is 1.93. The van der Waals surface area contributed by atoms with Gasteiger partial charge in [-0.05, 0) is 25.2 Å². The van der Waals surface area contributed by atoms with Crippen molar-refractivity contribution in [2.75, 3.05) is 13.1 Å². The van der Waals surface area contributed by atoms with E-state index in [2.05, 4.69) is 13.8 Å². The van der Waals surface area contributed by atoms with Crippen LogP contribution in [0.25, 0.3) is 0 Å². The number of nitrogens with zero attached hydrogens (tertiary/aromatic N) is 1. The second kappa shape index (κ2) is 6.05. The van der Waals surface area contributed by atoms with E-state index >= 15 is 0 Å². The predicted molar refractivity (Wildman–Crippen MR) is 59.1 cm³/mol. The van der Waals surface area contributed by atoms with Gasteiger partial charge in [-0.25, -0.2) is 0 Å². The van der Waals surface area contributed by atoms with Gasteiger partial charge in [0.15, 0.2) is 0 Å². The fraction of sp³-hybridized carbons (Fsp3) is 0.917. The van der Waals surface area contributed by atoms with E-state index in [1.165, 1.54) is 25.7 Å². The Kier molecular flexibility index (Phi) is 4.99. The Morgan fingerprint density at radius 2 is 2.00 bits per heavy atom. The monoisotopic (exact) mass is 197 g/mol. The largest absolute Gasteiger partial charge is 0.343 e. The molecule has 0 aromatic rings. The molecule has 0 aliphatic carbocycles. The van der Waals surface area contributed by atoms with Gasteiger partial charge in [-0.2, -0.15) is 0 Å². The first kappa shape index (κ1) is 11.5. The molecule has 2 heteroatoms. The molecule has 1 aliphatic heterocycles. The fourth-order valence-corrected chi connectivity index (χ4v) is 1.93. The van der Waals surface area contributed by atoms with Crippen LogP contribution < -0.4 is 0 Å². The summed E-state index contributed by atoms with van der Waals surface area (Å²) in [5, 5.41) is 0. The van der Waals surface area contributed by atoms with Crippen molar-refractivity contribution in [3.63, 3.8) is 0 Å². The topological polar surface area (TPSA) is 20.3 Å². The van der Waals surface area contributed by atoms with Gasteiger partial charge in [-0.3, -0.25) is 4.79 Å². The Labute approximate surface area is 87.7 Å². The van der Waals surface area contributed by atoms with Gasteiger partial charge in [0.1, 0.15) is 0 Å². The van der Waals surface area contributed by atoms with E-state index in [0.29, 0.717) is 5.91 Å². The van der Waals surface area contributed by atoms with E-state index in [1.54, 1.807) is 0 Å². The minimum absolute atomic E-state index is 0.380. The molecule has 0 bridgehead atoms. The van der Waals surface area contributed by atoms with E-state index < -0.39 is 0 Å². The summed E-state index contributed by atoms with van der Waals surface area (Å²) < 4.78 is 0. The maximum Gasteiger partial charge on any atom is 0.222 e. The molecule has 1 aliphatic rings. The van der Waals surface area contributed by atoms with Crippen molar-refractivity contribution < 1.29 is 4.79 Å². The van der Waals surface area contributed by atoms with E-state index in [4.69, 9.17) is 0 Å². The van der Waals surface area contributed by atoms with Gasteiger partial charge in [-0.15, -0.1) is 0 Å². The second-order valence-corrected chi connectivity index (χ2v) is 4.49. The molecular weight excluding hydrogens is 174 g/mol. The van der Waals surface area contributed by atoms with Crippen LogP contribution in [-0.4, -0.2) is 23.9 Å². The molecule has 0 aromatic heterocycles. The first-order valence-corrected chi connectivity index (χ1v) is 6.01. The Morgan fingerprint density at radius 3 is 2.57 bits per heavy atom. The van der Waals surface area contributed by atoms with Crippen molar-refractivity contribution in [2.24, 2.45) is 5.92 Å². The summed E-state index contributed by atoms with van der Waals surface area (Å²) >= 11 is 0. The Bertz CT molecular complexity index is 173. The number of carbonyl (C=O) groups excluding carboxylic acids is 1. The summed E-state index contributed by atoms with van der Waals surface area (Å²) in [6, 6.07) is 0. The maximum absolute atomic E-state index is 11.6. The number of hydrogen-bond acceptors (Lipinski definition) is 1. The molecule has 1 atom stereocenters. The third-order valence-electron chi connectivity index (χ3n) is 3.24. The van der Waals surface area contributed by atoms with Gasteiger partial charge in [0.25, 0.3) is 0 Å². The summed E-state index contributed by atoms with van der Waals surface area (Å²) in [6.45, 7) is 6.48. The lowest BCUT2D eigenvalue weighted by Gasteiger charge is -2.15. The molecule has 0 saturated carbocycles. The van der Waals surface area contributed by atoms with Gasteiger partial charge >= 0.3 is 0 Å². The molecule has 14 heavy (non-hydrogen) atoms. The predicted octanol–water partition coefficient (Wildman–Crippen LogP) is 2.83. The Morgan fingerprint density at radius 1 is 1.36 bits per heavy atom. The van der Waals surface area contributed by atoms with E-state index in [1.807, 2.05) is 4.90 Å². The highest BCUT2D eigenvalue weighted by molar-refractivity contribution is 5.76.